The Morgan fingerprint density at radius 2 is 1.90 bits per heavy atom. The van der Waals surface area contributed by atoms with Crippen molar-refractivity contribution >= 4 is 35.0 Å². The van der Waals surface area contributed by atoms with Crippen molar-refractivity contribution in [3.05, 3.63) is 54.1 Å². The van der Waals surface area contributed by atoms with Gasteiger partial charge in [-0.1, -0.05) is 42.8 Å². The van der Waals surface area contributed by atoms with Crippen LogP contribution in [0.2, 0.25) is 5.02 Å². The molecule has 1 aromatic carbocycles. The maximum absolute atomic E-state index is 14.7. The van der Waals surface area contributed by atoms with Crippen LogP contribution in [-0.4, -0.2) is 82.7 Å². The molecule has 8 nitrogen and oxygen atoms in total. The van der Waals surface area contributed by atoms with Crippen molar-refractivity contribution in [2.75, 3.05) is 37.7 Å². The van der Waals surface area contributed by atoms with Crippen molar-refractivity contribution in [3.8, 4) is 0 Å². The molecule has 0 aromatic heterocycles. The second kappa shape index (κ2) is 12.7. The molecule has 9 heteroatoms. The Labute approximate surface area is 248 Å². The van der Waals surface area contributed by atoms with Gasteiger partial charge in [-0.05, 0) is 64.0 Å². The van der Waals surface area contributed by atoms with Gasteiger partial charge in [0.15, 0.2) is 0 Å². The number of para-hydroxylation sites is 1. The standard InChI is InChI=1S/C32H44ClN3O5/c1-6-17-34(18-7-2)28(38)24-25-29(39)36(20-10-9-11-21-37)27(32(25)16-15-31(24,5)41-32)30(40)35(19-8-3)26-22(4)13-12-14-23(26)33/h6,8,12-14,24-25,27,37H,1,3,7,9-11,15-21H2,2,4-5H3/t24-,25+,27?,31+,32?/m1/s1. The molecule has 0 saturated carbocycles. The summed E-state index contributed by atoms with van der Waals surface area (Å²) in [6.45, 7) is 15.1. The maximum atomic E-state index is 14.7. The number of anilines is 1. The van der Waals surface area contributed by atoms with Crippen LogP contribution in [0.5, 0.6) is 0 Å². The van der Waals surface area contributed by atoms with Crippen LogP contribution in [0.4, 0.5) is 5.69 Å². The first-order valence-electron chi connectivity index (χ1n) is 14.8. The van der Waals surface area contributed by atoms with Crippen molar-refractivity contribution in [1.29, 1.82) is 0 Å². The topological polar surface area (TPSA) is 90.4 Å². The number of nitrogens with zero attached hydrogens (tertiary/aromatic N) is 3. The van der Waals surface area contributed by atoms with Crippen LogP contribution < -0.4 is 4.90 Å². The lowest BCUT2D eigenvalue weighted by molar-refractivity contribution is -0.149. The molecular formula is C32H44ClN3O5. The molecule has 2 unspecified atom stereocenters. The number of carbonyl (C=O) groups excluding carboxylic acids is 3. The zero-order valence-electron chi connectivity index (χ0n) is 24.6. The number of rotatable bonds is 14. The monoisotopic (exact) mass is 585 g/mol. The number of aliphatic hydroxyl groups is 1. The normalized spacial score (nSPS) is 28.1. The smallest absolute Gasteiger partial charge is 0.253 e. The van der Waals surface area contributed by atoms with Crippen LogP contribution in [0, 0.1) is 18.8 Å². The summed E-state index contributed by atoms with van der Waals surface area (Å²) >= 11 is 6.64. The molecule has 0 aliphatic carbocycles. The number of benzene rings is 1. The molecule has 4 rings (SSSR count). The van der Waals surface area contributed by atoms with Crippen LogP contribution in [0.3, 0.4) is 0 Å². The highest BCUT2D eigenvalue weighted by Crippen LogP contribution is 2.63. The van der Waals surface area contributed by atoms with Gasteiger partial charge in [-0.25, -0.2) is 0 Å². The van der Waals surface area contributed by atoms with Gasteiger partial charge in [0.05, 0.1) is 28.1 Å². The lowest BCUT2D eigenvalue weighted by Crippen LogP contribution is -2.56. The van der Waals surface area contributed by atoms with Gasteiger partial charge in [0.2, 0.25) is 11.8 Å². The van der Waals surface area contributed by atoms with E-state index in [0.29, 0.717) is 62.4 Å². The minimum absolute atomic E-state index is 0.0658. The Morgan fingerprint density at radius 3 is 2.54 bits per heavy atom. The molecule has 2 bridgehead atoms. The molecule has 1 N–H and O–H groups in total. The quantitative estimate of drug-likeness (QED) is 0.256. The third kappa shape index (κ3) is 5.35. The number of hydrogen-bond donors (Lipinski definition) is 1. The summed E-state index contributed by atoms with van der Waals surface area (Å²) in [7, 11) is 0. The largest absolute Gasteiger partial charge is 0.396 e. The van der Waals surface area contributed by atoms with Crippen molar-refractivity contribution in [2.24, 2.45) is 11.8 Å². The van der Waals surface area contributed by atoms with Crippen molar-refractivity contribution in [3.63, 3.8) is 0 Å². The van der Waals surface area contributed by atoms with E-state index in [2.05, 4.69) is 13.2 Å². The third-order valence-corrected chi connectivity index (χ3v) is 9.33. The highest BCUT2D eigenvalue weighted by atomic mass is 35.5. The first-order chi connectivity index (χ1) is 19.6. The molecule has 5 atom stereocenters. The molecule has 1 spiro atoms. The molecule has 3 heterocycles. The maximum Gasteiger partial charge on any atom is 0.253 e. The minimum Gasteiger partial charge on any atom is -0.396 e. The van der Waals surface area contributed by atoms with E-state index < -0.39 is 29.1 Å². The average Bonchev–Trinajstić information content (AvgIpc) is 3.50. The van der Waals surface area contributed by atoms with Crippen LogP contribution in [0.25, 0.3) is 0 Å². The number of aliphatic hydroxyl groups excluding tert-OH is 1. The first-order valence-corrected chi connectivity index (χ1v) is 15.2. The summed E-state index contributed by atoms with van der Waals surface area (Å²) in [5.74, 6) is -2.07. The van der Waals surface area contributed by atoms with Gasteiger partial charge in [0.25, 0.3) is 5.91 Å². The molecule has 0 radical (unpaired) electrons. The number of ether oxygens (including phenoxy) is 1. The Morgan fingerprint density at radius 1 is 1.17 bits per heavy atom. The van der Waals surface area contributed by atoms with Crippen molar-refractivity contribution in [2.45, 2.75) is 76.5 Å². The van der Waals surface area contributed by atoms with Crippen LogP contribution in [0.1, 0.15) is 57.9 Å². The summed E-state index contributed by atoms with van der Waals surface area (Å²) in [5.41, 5.74) is -0.564. The number of unbranched alkanes of at least 4 members (excludes halogenated alkanes) is 2. The molecular weight excluding hydrogens is 542 g/mol. The average molecular weight is 586 g/mol. The number of halogens is 1. The van der Waals surface area contributed by atoms with E-state index in [1.165, 1.54) is 0 Å². The highest BCUT2D eigenvalue weighted by molar-refractivity contribution is 6.34. The molecule has 41 heavy (non-hydrogen) atoms. The summed E-state index contributed by atoms with van der Waals surface area (Å²) < 4.78 is 6.82. The zero-order valence-corrected chi connectivity index (χ0v) is 25.4. The van der Waals surface area contributed by atoms with E-state index in [1.807, 2.05) is 32.9 Å². The zero-order chi connectivity index (χ0) is 29.9. The first kappa shape index (κ1) is 31.3. The molecule has 224 valence electrons. The predicted octanol–water partition coefficient (Wildman–Crippen LogP) is 4.52. The third-order valence-electron chi connectivity index (χ3n) is 9.02. The number of carbonyl (C=O) groups is 3. The number of aryl methyl sites for hydroxylation is 1. The van der Waals surface area contributed by atoms with E-state index in [-0.39, 0.29) is 30.9 Å². The fraction of sp³-hybridized carbons (Fsp3) is 0.594. The molecule has 3 fully saturated rings. The van der Waals surface area contributed by atoms with E-state index in [1.54, 1.807) is 32.9 Å². The number of amides is 3. The summed E-state index contributed by atoms with van der Waals surface area (Å²) in [4.78, 5) is 48.2. The molecule has 3 saturated heterocycles. The van der Waals surface area contributed by atoms with Crippen LogP contribution in [-0.2, 0) is 19.1 Å². The fourth-order valence-corrected chi connectivity index (χ4v) is 7.66. The van der Waals surface area contributed by atoms with E-state index in [0.717, 1.165) is 12.0 Å². The van der Waals surface area contributed by atoms with Gasteiger partial charge in [0.1, 0.15) is 11.6 Å². The van der Waals surface area contributed by atoms with Crippen molar-refractivity contribution < 1.29 is 24.2 Å². The summed E-state index contributed by atoms with van der Waals surface area (Å²) in [5, 5.41) is 9.74. The molecule has 3 aliphatic heterocycles. The van der Waals surface area contributed by atoms with Gasteiger partial charge in [-0.15, -0.1) is 13.2 Å². The van der Waals surface area contributed by atoms with Crippen molar-refractivity contribution in [1.82, 2.24) is 9.80 Å². The molecule has 3 aliphatic rings. The molecule has 1 aromatic rings. The Kier molecular flexibility index (Phi) is 9.66. The number of fused-ring (bicyclic) bond motifs is 1. The van der Waals surface area contributed by atoms with E-state index in [4.69, 9.17) is 16.3 Å². The fourth-order valence-electron chi connectivity index (χ4n) is 7.34. The van der Waals surface area contributed by atoms with Gasteiger partial charge in [-0.3, -0.25) is 14.4 Å². The van der Waals surface area contributed by atoms with Gasteiger partial charge in [-0.2, -0.15) is 0 Å². The Balaban J connectivity index is 1.80. The summed E-state index contributed by atoms with van der Waals surface area (Å²) in [6.07, 6.45) is 7.16. The predicted molar refractivity (Wildman–Crippen MR) is 161 cm³/mol. The second-order valence-corrected chi connectivity index (χ2v) is 12.2. The Hall–Kier alpha value is -2.68. The van der Waals surface area contributed by atoms with E-state index >= 15 is 0 Å². The van der Waals surface area contributed by atoms with Gasteiger partial charge < -0.3 is 24.5 Å². The highest BCUT2D eigenvalue weighted by Gasteiger charge is 2.78. The lowest BCUT2D eigenvalue weighted by Gasteiger charge is -2.37. The lowest BCUT2D eigenvalue weighted by atomic mass is 9.66. The van der Waals surface area contributed by atoms with Crippen LogP contribution in [0.15, 0.2) is 43.5 Å². The minimum atomic E-state index is -1.12. The number of likely N-dealkylation sites (tertiary alicyclic amines) is 1. The van der Waals surface area contributed by atoms with E-state index in [9.17, 15) is 19.5 Å². The number of hydrogen-bond acceptors (Lipinski definition) is 5. The van der Waals surface area contributed by atoms with Gasteiger partial charge >= 0.3 is 0 Å². The summed E-state index contributed by atoms with van der Waals surface area (Å²) in [6, 6.07) is 4.57. The SMILES string of the molecule is C=CCN(CCC)C(=O)[C@H]1[C@H]2C(=O)N(CCCCCO)C(C(=O)N(CC=C)c3c(C)cccc3Cl)C23CC[C@]1(C)O3. The van der Waals surface area contributed by atoms with Gasteiger partial charge in [0, 0.05) is 32.8 Å². The van der Waals surface area contributed by atoms with Crippen LogP contribution >= 0.6 is 11.6 Å². The second-order valence-electron chi connectivity index (χ2n) is 11.8. The molecule has 3 amide bonds. The Bertz CT molecular complexity index is 1170.